The molecule has 0 amide bonds. The zero-order chi connectivity index (χ0) is 17.3. The normalized spacial score (nSPS) is 20.7. The standard InChI is InChI=1S/C17H19FN6/c1-10-4-13(20)9-24(8-10)16-6-15(22-17(21)23-16)11-2-3-12(7-19)14(18)5-11/h2-3,5-6,10,13H,4,8-9,20H2,1H3,(H2,21,22,23). The van der Waals surface area contributed by atoms with E-state index in [0.717, 1.165) is 13.0 Å². The summed E-state index contributed by atoms with van der Waals surface area (Å²) in [6.45, 7) is 3.68. The summed E-state index contributed by atoms with van der Waals surface area (Å²) in [5, 5.41) is 8.83. The van der Waals surface area contributed by atoms with Gasteiger partial charge >= 0.3 is 0 Å². The molecule has 2 heterocycles. The fraction of sp³-hybridized carbons (Fsp3) is 0.353. The number of aromatic nitrogens is 2. The minimum atomic E-state index is -0.581. The maximum absolute atomic E-state index is 13.9. The molecule has 2 unspecified atom stereocenters. The summed E-state index contributed by atoms with van der Waals surface area (Å²) in [7, 11) is 0. The smallest absolute Gasteiger partial charge is 0.222 e. The highest BCUT2D eigenvalue weighted by Crippen LogP contribution is 2.27. The Labute approximate surface area is 139 Å². The van der Waals surface area contributed by atoms with Gasteiger partial charge in [0.25, 0.3) is 0 Å². The number of nitrogen functional groups attached to an aromatic ring is 1. The summed E-state index contributed by atoms with van der Waals surface area (Å²) in [6, 6.07) is 8.04. The number of piperidine rings is 1. The Bertz CT molecular complexity index is 790. The van der Waals surface area contributed by atoms with Gasteiger partial charge in [0.15, 0.2) is 0 Å². The summed E-state index contributed by atoms with van der Waals surface area (Å²) >= 11 is 0. The summed E-state index contributed by atoms with van der Waals surface area (Å²) in [6.07, 6.45) is 0.977. The zero-order valence-electron chi connectivity index (χ0n) is 13.4. The van der Waals surface area contributed by atoms with Crippen LogP contribution in [0.4, 0.5) is 16.2 Å². The highest BCUT2D eigenvalue weighted by atomic mass is 19.1. The number of rotatable bonds is 2. The van der Waals surface area contributed by atoms with E-state index in [0.29, 0.717) is 29.5 Å². The minimum Gasteiger partial charge on any atom is -0.368 e. The molecule has 2 aromatic rings. The van der Waals surface area contributed by atoms with Crippen LogP contribution in [0.1, 0.15) is 18.9 Å². The van der Waals surface area contributed by atoms with Gasteiger partial charge in [-0.05, 0) is 24.5 Å². The van der Waals surface area contributed by atoms with Crippen molar-refractivity contribution in [1.29, 1.82) is 5.26 Å². The van der Waals surface area contributed by atoms with Crippen molar-refractivity contribution in [2.24, 2.45) is 11.7 Å². The SMILES string of the molecule is CC1CC(N)CN(c2cc(-c3ccc(C#N)c(F)c3)nc(N)n2)C1. The van der Waals surface area contributed by atoms with Crippen molar-refractivity contribution in [3.63, 3.8) is 0 Å². The molecule has 0 radical (unpaired) electrons. The Hall–Kier alpha value is -2.72. The molecule has 0 aliphatic carbocycles. The van der Waals surface area contributed by atoms with Crippen LogP contribution < -0.4 is 16.4 Å². The van der Waals surface area contributed by atoms with E-state index in [1.807, 2.05) is 0 Å². The minimum absolute atomic E-state index is 0.00293. The lowest BCUT2D eigenvalue weighted by molar-refractivity contribution is 0.400. The average Bonchev–Trinajstić information content (AvgIpc) is 2.53. The molecule has 0 spiro atoms. The Kier molecular flexibility index (Phi) is 4.32. The molecule has 1 aliphatic heterocycles. The van der Waals surface area contributed by atoms with Gasteiger partial charge in [0.1, 0.15) is 17.7 Å². The Morgan fingerprint density at radius 1 is 1.29 bits per heavy atom. The van der Waals surface area contributed by atoms with Crippen LogP contribution >= 0.6 is 0 Å². The largest absolute Gasteiger partial charge is 0.368 e. The Morgan fingerprint density at radius 2 is 2.08 bits per heavy atom. The molecule has 1 aromatic heterocycles. The van der Waals surface area contributed by atoms with Crippen LogP contribution in [0.2, 0.25) is 0 Å². The van der Waals surface area contributed by atoms with Crippen molar-refractivity contribution in [2.75, 3.05) is 23.7 Å². The van der Waals surface area contributed by atoms with Crippen molar-refractivity contribution >= 4 is 11.8 Å². The number of nitriles is 1. The van der Waals surface area contributed by atoms with E-state index in [1.165, 1.54) is 12.1 Å². The van der Waals surface area contributed by atoms with Crippen molar-refractivity contribution in [2.45, 2.75) is 19.4 Å². The molecule has 6 nitrogen and oxygen atoms in total. The molecule has 1 aromatic carbocycles. The predicted molar refractivity (Wildman–Crippen MR) is 90.5 cm³/mol. The summed E-state index contributed by atoms with van der Waals surface area (Å²) in [5.41, 5.74) is 13.0. The van der Waals surface area contributed by atoms with Crippen LogP contribution in [0.15, 0.2) is 24.3 Å². The van der Waals surface area contributed by atoms with E-state index in [2.05, 4.69) is 21.8 Å². The van der Waals surface area contributed by atoms with E-state index in [1.54, 1.807) is 18.2 Å². The van der Waals surface area contributed by atoms with Crippen LogP contribution in [-0.4, -0.2) is 29.1 Å². The number of halogens is 1. The summed E-state index contributed by atoms with van der Waals surface area (Å²) < 4.78 is 13.9. The second-order valence-electron chi connectivity index (χ2n) is 6.28. The number of hydrogen-bond donors (Lipinski definition) is 2. The number of benzene rings is 1. The lowest BCUT2D eigenvalue weighted by atomic mass is 9.96. The molecule has 124 valence electrons. The molecule has 7 heteroatoms. The first-order valence-corrected chi connectivity index (χ1v) is 7.81. The molecule has 1 aliphatic rings. The molecule has 1 saturated heterocycles. The van der Waals surface area contributed by atoms with Gasteiger partial charge in [-0.3, -0.25) is 0 Å². The third-order valence-corrected chi connectivity index (χ3v) is 4.13. The van der Waals surface area contributed by atoms with Crippen LogP contribution in [0.5, 0.6) is 0 Å². The van der Waals surface area contributed by atoms with Gasteiger partial charge in [-0.2, -0.15) is 10.2 Å². The fourth-order valence-corrected chi connectivity index (χ4v) is 3.11. The van der Waals surface area contributed by atoms with Crippen LogP contribution in [-0.2, 0) is 0 Å². The first-order chi connectivity index (χ1) is 11.5. The number of anilines is 2. The highest BCUT2D eigenvalue weighted by Gasteiger charge is 2.24. The van der Waals surface area contributed by atoms with Crippen molar-refractivity contribution in [1.82, 2.24) is 9.97 Å². The highest BCUT2D eigenvalue weighted by molar-refractivity contribution is 5.65. The van der Waals surface area contributed by atoms with Gasteiger partial charge in [0.2, 0.25) is 5.95 Å². The maximum Gasteiger partial charge on any atom is 0.222 e. The van der Waals surface area contributed by atoms with E-state index in [-0.39, 0.29) is 17.6 Å². The molecule has 0 bridgehead atoms. The fourth-order valence-electron chi connectivity index (χ4n) is 3.11. The second-order valence-corrected chi connectivity index (χ2v) is 6.28. The quantitative estimate of drug-likeness (QED) is 0.873. The van der Waals surface area contributed by atoms with Gasteiger partial charge in [-0.1, -0.05) is 13.0 Å². The maximum atomic E-state index is 13.9. The lowest BCUT2D eigenvalue weighted by Crippen LogP contribution is -2.46. The van der Waals surface area contributed by atoms with Gasteiger partial charge < -0.3 is 16.4 Å². The first kappa shape index (κ1) is 16.1. The van der Waals surface area contributed by atoms with E-state index in [9.17, 15) is 4.39 Å². The second kappa shape index (κ2) is 6.42. The predicted octanol–water partition coefficient (Wildman–Crippen LogP) is 1.91. The van der Waals surface area contributed by atoms with Gasteiger partial charge in [0, 0.05) is 30.8 Å². The number of hydrogen-bond acceptors (Lipinski definition) is 6. The monoisotopic (exact) mass is 326 g/mol. The van der Waals surface area contributed by atoms with E-state index < -0.39 is 5.82 Å². The van der Waals surface area contributed by atoms with Crippen molar-refractivity contribution in [3.05, 3.63) is 35.6 Å². The lowest BCUT2D eigenvalue weighted by Gasteiger charge is -2.35. The third-order valence-electron chi connectivity index (χ3n) is 4.13. The Balaban J connectivity index is 1.97. The van der Waals surface area contributed by atoms with E-state index in [4.69, 9.17) is 16.7 Å². The molecule has 0 saturated carbocycles. The first-order valence-electron chi connectivity index (χ1n) is 7.81. The molecular formula is C17H19FN6. The van der Waals surface area contributed by atoms with Gasteiger partial charge in [-0.15, -0.1) is 0 Å². The summed E-state index contributed by atoms with van der Waals surface area (Å²) in [4.78, 5) is 10.6. The van der Waals surface area contributed by atoms with Crippen LogP contribution in [0, 0.1) is 23.1 Å². The van der Waals surface area contributed by atoms with Gasteiger partial charge in [-0.25, -0.2) is 9.37 Å². The topological polar surface area (TPSA) is 105 Å². The van der Waals surface area contributed by atoms with Crippen LogP contribution in [0.25, 0.3) is 11.3 Å². The third kappa shape index (κ3) is 3.29. The molecule has 4 N–H and O–H groups in total. The summed E-state index contributed by atoms with van der Waals surface area (Å²) in [5.74, 6) is 0.687. The van der Waals surface area contributed by atoms with Crippen molar-refractivity contribution in [3.8, 4) is 17.3 Å². The van der Waals surface area contributed by atoms with Gasteiger partial charge in [0.05, 0.1) is 11.3 Å². The molecular weight excluding hydrogens is 307 g/mol. The van der Waals surface area contributed by atoms with Crippen LogP contribution in [0.3, 0.4) is 0 Å². The zero-order valence-corrected chi connectivity index (χ0v) is 13.4. The van der Waals surface area contributed by atoms with Crippen molar-refractivity contribution < 1.29 is 4.39 Å². The molecule has 2 atom stereocenters. The average molecular weight is 326 g/mol. The number of nitrogens with zero attached hydrogens (tertiary/aromatic N) is 4. The Morgan fingerprint density at radius 3 is 2.75 bits per heavy atom. The molecule has 1 fully saturated rings. The molecule has 3 rings (SSSR count). The van der Waals surface area contributed by atoms with E-state index >= 15 is 0 Å². The number of nitrogens with two attached hydrogens (primary N) is 2. The molecule has 24 heavy (non-hydrogen) atoms.